The highest BCUT2D eigenvalue weighted by Crippen LogP contribution is 2.33. The first-order chi connectivity index (χ1) is 11.2. The van der Waals surface area contributed by atoms with Crippen LogP contribution in [0.1, 0.15) is 20.1 Å². The second kappa shape index (κ2) is 6.09. The number of nitrogens with one attached hydrogen (secondary N) is 1. The fourth-order valence-corrected chi connectivity index (χ4v) is 2.54. The molecule has 0 spiro atoms. The molecule has 0 aromatic carbocycles. The van der Waals surface area contributed by atoms with E-state index >= 15 is 0 Å². The van der Waals surface area contributed by atoms with Crippen molar-refractivity contribution >= 4 is 23.4 Å². The van der Waals surface area contributed by atoms with Crippen LogP contribution < -0.4 is 11.1 Å². The van der Waals surface area contributed by atoms with E-state index < -0.39 is 0 Å². The molecular formula is C15H18N6O2. The summed E-state index contributed by atoms with van der Waals surface area (Å²) in [6.45, 7) is 4.45. The highest BCUT2D eigenvalue weighted by atomic mass is 16.5. The molecular weight excluding hydrogens is 296 g/mol. The van der Waals surface area contributed by atoms with E-state index in [4.69, 9.17) is 10.5 Å². The smallest absolute Gasteiger partial charge is 0.211 e. The number of aromatic nitrogens is 4. The summed E-state index contributed by atoms with van der Waals surface area (Å²) in [5.41, 5.74) is 8.94. The molecule has 0 saturated heterocycles. The number of nitrogen functional groups attached to an aromatic ring is 1. The van der Waals surface area contributed by atoms with Gasteiger partial charge in [0.2, 0.25) is 6.41 Å². The minimum atomic E-state index is -0.175. The lowest BCUT2D eigenvalue weighted by Crippen LogP contribution is -2.09. The fourth-order valence-electron chi connectivity index (χ4n) is 2.54. The number of nitrogens with two attached hydrogens (primary N) is 1. The minimum Gasteiger partial charge on any atom is -0.384 e. The molecule has 3 aromatic rings. The molecule has 23 heavy (non-hydrogen) atoms. The predicted molar refractivity (Wildman–Crippen MR) is 86.8 cm³/mol. The average molecular weight is 314 g/mol. The molecule has 1 unspecified atom stereocenters. The normalized spacial score (nSPS) is 12.4. The van der Waals surface area contributed by atoms with Crippen LogP contribution in [0, 0.1) is 0 Å². The van der Waals surface area contributed by atoms with Crippen molar-refractivity contribution in [3.63, 3.8) is 0 Å². The molecule has 0 aliphatic heterocycles. The van der Waals surface area contributed by atoms with Gasteiger partial charge in [0.25, 0.3) is 0 Å². The number of hydrogen-bond donors (Lipinski definition) is 2. The van der Waals surface area contributed by atoms with Gasteiger partial charge in [-0.3, -0.25) is 4.79 Å². The van der Waals surface area contributed by atoms with Crippen LogP contribution in [0.4, 0.5) is 11.5 Å². The first-order valence-electron chi connectivity index (χ1n) is 7.28. The Hall–Kier alpha value is -2.87. The zero-order valence-corrected chi connectivity index (χ0v) is 12.9. The Bertz CT molecular complexity index is 838. The summed E-state index contributed by atoms with van der Waals surface area (Å²) in [6.07, 6.45) is 5.61. The third kappa shape index (κ3) is 2.64. The quantitative estimate of drug-likeness (QED) is 0.677. The first-order valence-corrected chi connectivity index (χ1v) is 7.28. The van der Waals surface area contributed by atoms with Gasteiger partial charge in [0, 0.05) is 23.9 Å². The van der Waals surface area contributed by atoms with E-state index in [1.807, 2.05) is 26.1 Å². The van der Waals surface area contributed by atoms with Crippen molar-refractivity contribution in [1.29, 1.82) is 0 Å². The van der Waals surface area contributed by atoms with Crippen LogP contribution in [-0.4, -0.2) is 32.4 Å². The molecule has 1 amide bonds. The highest BCUT2D eigenvalue weighted by molar-refractivity contribution is 5.94. The molecule has 8 nitrogen and oxygen atoms in total. The van der Waals surface area contributed by atoms with E-state index in [2.05, 4.69) is 15.5 Å². The van der Waals surface area contributed by atoms with Crippen LogP contribution in [0.2, 0.25) is 0 Å². The third-order valence-electron chi connectivity index (χ3n) is 3.60. The lowest BCUT2D eigenvalue weighted by Gasteiger charge is -2.12. The van der Waals surface area contributed by atoms with Crippen molar-refractivity contribution in [2.24, 2.45) is 0 Å². The van der Waals surface area contributed by atoms with Gasteiger partial charge in [-0.05, 0) is 26.0 Å². The standard InChI is InChI=1S/C15H18N6O2/c1-3-23-10(2)20-8-11(6-18-20)15-12(17-9-22)7-19-21-13(15)4-5-14(21)16/h4-10H,3,16H2,1-2H3,(H,17,22). The molecule has 8 heteroatoms. The molecule has 3 rings (SSSR count). The molecule has 0 bridgehead atoms. The minimum absolute atomic E-state index is 0.175. The Kier molecular flexibility index (Phi) is 3.98. The van der Waals surface area contributed by atoms with E-state index in [-0.39, 0.29) is 6.23 Å². The number of rotatable bonds is 6. The van der Waals surface area contributed by atoms with Crippen LogP contribution >= 0.6 is 0 Å². The number of amides is 1. The van der Waals surface area contributed by atoms with Gasteiger partial charge in [-0.25, -0.2) is 9.20 Å². The van der Waals surface area contributed by atoms with Gasteiger partial charge >= 0.3 is 0 Å². The van der Waals surface area contributed by atoms with E-state index in [1.54, 1.807) is 27.7 Å². The summed E-state index contributed by atoms with van der Waals surface area (Å²) in [6, 6.07) is 3.63. The van der Waals surface area contributed by atoms with Crippen molar-refractivity contribution in [1.82, 2.24) is 19.4 Å². The van der Waals surface area contributed by atoms with Crippen LogP contribution in [0.5, 0.6) is 0 Å². The molecule has 0 fully saturated rings. The highest BCUT2D eigenvalue weighted by Gasteiger charge is 2.16. The first kappa shape index (κ1) is 15.0. The third-order valence-corrected chi connectivity index (χ3v) is 3.60. The molecule has 0 radical (unpaired) electrons. The van der Waals surface area contributed by atoms with Gasteiger partial charge < -0.3 is 15.8 Å². The van der Waals surface area contributed by atoms with Gasteiger partial charge in [0.15, 0.2) is 0 Å². The molecule has 3 aromatic heterocycles. The zero-order chi connectivity index (χ0) is 16.4. The van der Waals surface area contributed by atoms with Crippen LogP contribution in [0.15, 0.2) is 30.7 Å². The van der Waals surface area contributed by atoms with Crippen LogP contribution in [0.25, 0.3) is 16.6 Å². The Morgan fingerprint density at radius 2 is 2.22 bits per heavy atom. The summed E-state index contributed by atoms with van der Waals surface area (Å²) in [4.78, 5) is 10.9. The summed E-state index contributed by atoms with van der Waals surface area (Å²) in [7, 11) is 0. The molecule has 1 atom stereocenters. The summed E-state index contributed by atoms with van der Waals surface area (Å²) >= 11 is 0. The topological polar surface area (TPSA) is 99.5 Å². The number of carbonyl (C=O) groups is 1. The largest absolute Gasteiger partial charge is 0.384 e. The van der Waals surface area contributed by atoms with E-state index in [0.29, 0.717) is 24.5 Å². The molecule has 3 heterocycles. The molecule has 0 aliphatic carbocycles. The Morgan fingerprint density at radius 3 is 2.96 bits per heavy atom. The number of nitrogens with zero attached hydrogens (tertiary/aromatic N) is 4. The van der Waals surface area contributed by atoms with E-state index in [1.165, 1.54) is 0 Å². The molecule has 0 saturated carbocycles. The Labute approximate surface area is 132 Å². The lowest BCUT2D eigenvalue weighted by molar-refractivity contribution is -0.105. The Morgan fingerprint density at radius 1 is 1.39 bits per heavy atom. The SMILES string of the molecule is CCOC(C)n1cc(-c2c(NC=O)cnn3c(N)ccc23)cn1. The number of anilines is 2. The van der Waals surface area contributed by atoms with Crippen LogP contribution in [0.3, 0.4) is 0 Å². The Balaban J connectivity index is 2.14. The molecule has 0 aliphatic rings. The van der Waals surface area contributed by atoms with Gasteiger partial charge in [-0.1, -0.05) is 0 Å². The van der Waals surface area contributed by atoms with Crippen molar-refractivity contribution in [2.75, 3.05) is 17.7 Å². The van der Waals surface area contributed by atoms with Gasteiger partial charge in [0.1, 0.15) is 12.0 Å². The van der Waals surface area contributed by atoms with Crippen molar-refractivity contribution in [3.8, 4) is 11.1 Å². The second-order valence-corrected chi connectivity index (χ2v) is 5.01. The predicted octanol–water partition coefficient (Wildman–Crippen LogP) is 1.90. The maximum Gasteiger partial charge on any atom is 0.211 e. The second-order valence-electron chi connectivity index (χ2n) is 5.01. The number of hydrogen-bond acceptors (Lipinski definition) is 5. The van der Waals surface area contributed by atoms with Gasteiger partial charge in [-0.2, -0.15) is 10.2 Å². The van der Waals surface area contributed by atoms with Gasteiger partial charge in [-0.15, -0.1) is 0 Å². The number of ether oxygens (including phenoxy) is 1. The van der Waals surface area contributed by atoms with E-state index in [9.17, 15) is 4.79 Å². The van der Waals surface area contributed by atoms with Crippen LogP contribution in [-0.2, 0) is 9.53 Å². The van der Waals surface area contributed by atoms with Crippen molar-refractivity contribution in [3.05, 3.63) is 30.7 Å². The lowest BCUT2D eigenvalue weighted by atomic mass is 10.1. The molecule has 3 N–H and O–H groups in total. The summed E-state index contributed by atoms with van der Waals surface area (Å²) < 4.78 is 8.89. The maximum atomic E-state index is 10.9. The summed E-state index contributed by atoms with van der Waals surface area (Å²) in [5.74, 6) is 0.522. The zero-order valence-electron chi connectivity index (χ0n) is 12.9. The summed E-state index contributed by atoms with van der Waals surface area (Å²) in [5, 5.41) is 11.2. The van der Waals surface area contributed by atoms with Crippen molar-refractivity contribution in [2.45, 2.75) is 20.1 Å². The maximum absolute atomic E-state index is 10.9. The van der Waals surface area contributed by atoms with E-state index in [0.717, 1.165) is 16.6 Å². The number of carbonyl (C=O) groups excluding carboxylic acids is 1. The monoisotopic (exact) mass is 314 g/mol. The average Bonchev–Trinajstić information content (AvgIpc) is 3.15. The van der Waals surface area contributed by atoms with Gasteiger partial charge in [0.05, 0.1) is 23.6 Å². The molecule has 120 valence electrons. The fraction of sp³-hybridized carbons (Fsp3) is 0.267. The van der Waals surface area contributed by atoms with Crippen molar-refractivity contribution < 1.29 is 9.53 Å². The number of fused-ring (bicyclic) bond motifs is 1.